The summed E-state index contributed by atoms with van der Waals surface area (Å²) in [6, 6.07) is 18.1. The maximum Gasteiger partial charge on any atom is 0.324 e. The lowest BCUT2D eigenvalue weighted by Crippen LogP contribution is -2.40. The number of hydrogen-bond acceptors (Lipinski definition) is 4. The summed E-state index contributed by atoms with van der Waals surface area (Å²) in [5.74, 6) is 1.67. The van der Waals surface area contributed by atoms with Crippen LogP contribution in [0.3, 0.4) is 0 Å². The number of nitrogens with one attached hydrogen (secondary N) is 1. The molecule has 0 radical (unpaired) electrons. The molecule has 1 aliphatic heterocycles. The molecule has 1 aromatic heterocycles. The first-order valence-corrected chi connectivity index (χ1v) is 9.84. The van der Waals surface area contributed by atoms with Crippen LogP contribution in [0, 0.1) is 0 Å². The first-order valence-electron chi connectivity index (χ1n) is 9.84. The van der Waals surface area contributed by atoms with Crippen LogP contribution >= 0.6 is 0 Å². The van der Waals surface area contributed by atoms with Crippen LogP contribution in [0.5, 0.6) is 5.75 Å². The number of hydrogen-bond donors (Lipinski definition) is 1. The summed E-state index contributed by atoms with van der Waals surface area (Å²) < 4.78 is 6.94. The number of anilines is 1. The molecule has 1 saturated heterocycles. The highest BCUT2D eigenvalue weighted by Gasteiger charge is 2.24. The number of nitrogens with zero attached hydrogens (tertiary/aromatic N) is 4. The Balaban J connectivity index is 1.28. The Morgan fingerprint density at radius 1 is 1.10 bits per heavy atom. The molecule has 4 rings (SSSR count). The third kappa shape index (κ3) is 4.74. The molecule has 150 valence electrons. The van der Waals surface area contributed by atoms with E-state index in [9.17, 15) is 4.79 Å². The van der Waals surface area contributed by atoms with Crippen LogP contribution < -0.4 is 10.1 Å². The number of urea groups is 1. The molecule has 0 bridgehead atoms. The highest BCUT2D eigenvalue weighted by atomic mass is 16.5. The van der Waals surface area contributed by atoms with Gasteiger partial charge in [-0.3, -0.25) is 5.32 Å². The zero-order valence-electron chi connectivity index (χ0n) is 16.5. The summed E-state index contributed by atoms with van der Waals surface area (Å²) in [6.45, 7) is 2.05. The molecule has 0 spiro atoms. The van der Waals surface area contributed by atoms with Gasteiger partial charge in [0.25, 0.3) is 0 Å². The van der Waals surface area contributed by atoms with Crippen molar-refractivity contribution in [1.82, 2.24) is 19.7 Å². The fourth-order valence-electron chi connectivity index (χ4n) is 3.67. The lowest BCUT2D eigenvalue weighted by Gasteiger charge is -2.32. The SMILES string of the molecule is COc1ccc(C2CCN(C(=O)Nc3ncn(Cc4ccccc4)n3)CC2)cc1. The van der Waals surface area contributed by atoms with Gasteiger partial charge in [0.05, 0.1) is 13.7 Å². The highest BCUT2D eigenvalue weighted by molar-refractivity contribution is 5.87. The first kappa shape index (κ1) is 19.0. The van der Waals surface area contributed by atoms with E-state index >= 15 is 0 Å². The Morgan fingerprint density at radius 3 is 2.52 bits per heavy atom. The number of carbonyl (C=O) groups is 1. The average Bonchev–Trinajstić information content (AvgIpc) is 3.21. The molecule has 0 unspecified atom stereocenters. The van der Waals surface area contributed by atoms with Crippen molar-refractivity contribution in [2.75, 3.05) is 25.5 Å². The zero-order chi connectivity index (χ0) is 20.1. The largest absolute Gasteiger partial charge is 0.497 e. The van der Waals surface area contributed by atoms with Gasteiger partial charge in [-0.05, 0) is 42.0 Å². The number of likely N-dealkylation sites (tertiary alicyclic amines) is 1. The first-order chi connectivity index (χ1) is 14.2. The third-order valence-corrected chi connectivity index (χ3v) is 5.31. The summed E-state index contributed by atoms with van der Waals surface area (Å²) >= 11 is 0. The topological polar surface area (TPSA) is 72.3 Å². The predicted octanol–water partition coefficient (Wildman–Crippen LogP) is 3.75. The number of piperidine rings is 1. The number of ether oxygens (including phenoxy) is 1. The quantitative estimate of drug-likeness (QED) is 0.719. The summed E-state index contributed by atoms with van der Waals surface area (Å²) in [6.07, 6.45) is 3.52. The molecule has 0 atom stereocenters. The van der Waals surface area contributed by atoms with E-state index in [-0.39, 0.29) is 6.03 Å². The van der Waals surface area contributed by atoms with Gasteiger partial charge in [0.2, 0.25) is 5.95 Å². The molecule has 2 amide bonds. The van der Waals surface area contributed by atoms with Gasteiger partial charge in [-0.2, -0.15) is 0 Å². The van der Waals surface area contributed by atoms with Gasteiger partial charge >= 0.3 is 6.03 Å². The maximum atomic E-state index is 12.6. The minimum Gasteiger partial charge on any atom is -0.497 e. The molecule has 7 heteroatoms. The summed E-state index contributed by atoms with van der Waals surface area (Å²) in [5.41, 5.74) is 2.43. The van der Waals surface area contributed by atoms with Crippen molar-refractivity contribution in [2.24, 2.45) is 0 Å². The molecular formula is C22H25N5O2. The molecule has 29 heavy (non-hydrogen) atoms. The van der Waals surface area contributed by atoms with Crippen LogP contribution in [0.1, 0.15) is 29.9 Å². The van der Waals surface area contributed by atoms with Gasteiger partial charge < -0.3 is 9.64 Å². The van der Waals surface area contributed by atoms with Crippen LogP contribution in [-0.2, 0) is 6.54 Å². The van der Waals surface area contributed by atoms with Crippen LogP contribution in [0.4, 0.5) is 10.7 Å². The molecule has 7 nitrogen and oxygen atoms in total. The van der Waals surface area contributed by atoms with Crippen LogP contribution in [0.2, 0.25) is 0 Å². The number of carbonyl (C=O) groups excluding carboxylic acids is 1. The maximum absolute atomic E-state index is 12.6. The number of benzene rings is 2. The molecule has 1 aliphatic rings. The summed E-state index contributed by atoms with van der Waals surface area (Å²) in [7, 11) is 1.67. The van der Waals surface area contributed by atoms with Crippen molar-refractivity contribution in [3.8, 4) is 5.75 Å². The van der Waals surface area contributed by atoms with Crippen LogP contribution in [0.15, 0.2) is 60.9 Å². The van der Waals surface area contributed by atoms with Gasteiger partial charge in [0, 0.05) is 13.1 Å². The van der Waals surface area contributed by atoms with E-state index in [0.717, 1.165) is 24.2 Å². The van der Waals surface area contributed by atoms with Gasteiger partial charge in [-0.25, -0.2) is 14.5 Å². The standard InChI is InChI=1S/C22H25N5O2/c1-29-20-9-7-18(8-10-20)19-11-13-26(14-12-19)22(28)24-21-23-16-27(25-21)15-17-5-3-2-4-6-17/h2-10,16,19H,11-15H2,1H3,(H,24,25,28). The Hall–Kier alpha value is -3.35. The summed E-state index contributed by atoms with van der Waals surface area (Å²) in [4.78, 5) is 18.6. The molecule has 1 fully saturated rings. The average molecular weight is 391 g/mol. The second-order valence-electron chi connectivity index (χ2n) is 7.22. The lowest BCUT2D eigenvalue weighted by atomic mass is 9.89. The zero-order valence-corrected chi connectivity index (χ0v) is 16.5. The second kappa shape index (κ2) is 8.77. The van der Waals surface area contributed by atoms with Crippen molar-refractivity contribution in [3.63, 3.8) is 0 Å². The van der Waals surface area contributed by atoms with Crippen molar-refractivity contribution in [1.29, 1.82) is 0 Å². The molecule has 0 saturated carbocycles. The summed E-state index contributed by atoms with van der Waals surface area (Å²) in [5, 5.41) is 7.17. The van der Waals surface area contributed by atoms with Crippen LogP contribution in [0.25, 0.3) is 0 Å². The lowest BCUT2D eigenvalue weighted by molar-refractivity contribution is 0.194. The van der Waals surface area contributed by atoms with Gasteiger partial charge in [0.1, 0.15) is 12.1 Å². The molecule has 3 aromatic rings. The molecule has 2 heterocycles. The monoisotopic (exact) mass is 391 g/mol. The van der Waals surface area contributed by atoms with Gasteiger partial charge in [-0.15, -0.1) is 5.10 Å². The van der Waals surface area contributed by atoms with E-state index in [1.807, 2.05) is 47.4 Å². The molecular weight excluding hydrogens is 366 g/mol. The van der Waals surface area contributed by atoms with Crippen LogP contribution in [-0.4, -0.2) is 45.9 Å². The Morgan fingerprint density at radius 2 is 1.83 bits per heavy atom. The number of amides is 2. The smallest absolute Gasteiger partial charge is 0.324 e. The number of methoxy groups -OCH3 is 1. The van der Waals surface area contributed by atoms with Crippen molar-refractivity contribution >= 4 is 12.0 Å². The van der Waals surface area contributed by atoms with Gasteiger partial charge in [0.15, 0.2) is 0 Å². The van der Waals surface area contributed by atoms with E-state index in [2.05, 4.69) is 27.5 Å². The van der Waals surface area contributed by atoms with Crippen molar-refractivity contribution in [3.05, 3.63) is 72.1 Å². The fourth-order valence-corrected chi connectivity index (χ4v) is 3.67. The van der Waals surface area contributed by atoms with Crippen molar-refractivity contribution < 1.29 is 9.53 Å². The molecule has 0 aliphatic carbocycles. The minimum atomic E-state index is -0.143. The Bertz CT molecular complexity index is 931. The van der Waals surface area contributed by atoms with E-state index in [1.54, 1.807) is 18.1 Å². The Labute approximate surface area is 170 Å². The number of rotatable bonds is 5. The molecule has 1 N–H and O–H groups in total. The van der Waals surface area contributed by atoms with Crippen molar-refractivity contribution in [2.45, 2.75) is 25.3 Å². The predicted molar refractivity (Wildman–Crippen MR) is 111 cm³/mol. The van der Waals surface area contributed by atoms with E-state index in [4.69, 9.17) is 4.74 Å². The molecule has 2 aromatic carbocycles. The van der Waals surface area contributed by atoms with E-state index < -0.39 is 0 Å². The van der Waals surface area contributed by atoms with Gasteiger partial charge in [-0.1, -0.05) is 42.5 Å². The Kier molecular flexibility index (Phi) is 5.74. The third-order valence-electron chi connectivity index (χ3n) is 5.31. The highest BCUT2D eigenvalue weighted by Crippen LogP contribution is 2.29. The van der Waals surface area contributed by atoms with E-state index in [0.29, 0.717) is 31.5 Å². The number of aromatic nitrogens is 3. The second-order valence-corrected chi connectivity index (χ2v) is 7.22. The fraction of sp³-hybridized carbons (Fsp3) is 0.318. The van der Waals surface area contributed by atoms with E-state index in [1.165, 1.54) is 5.56 Å². The normalized spacial score (nSPS) is 14.6. The minimum absolute atomic E-state index is 0.143.